The number of nitriles is 1. The van der Waals surface area contributed by atoms with Gasteiger partial charge in [-0.15, -0.1) is 11.3 Å². The van der Waals surface area contributed by atoms with Gasteiger partial charge in [0.05, 0.1) is 17.7 Å². The maximum absolute atomic E-state index is 12.1. The van der Waals surface area contributed by atoms with E-state index >= 15 is 0 Å². The van der Waals surface area contributed by atoms with Crippen molar-refractivity contribution in [3.05, 3.63) is 57.8 Å². The highest BCUT2D eigenvalue weighted by molar-refractivity contribution is 7.09. The summed E-state index contributed by atoms with van der Waals surface area (Å²) in [7, 11) is 0. The molecule has 120 valence electrons. The maximum Gasteiger partial charge on any atom is 0.408 e. The minimum Gasteiger partial charge on any atom is -0.444 e. The summed E-state index contributed by atoms with van der Waals surface area (Å²) in [6, 6.07) is 13.2. The number of nitrogens with zero attached hydrogens (tertiary/aromatic N) is 1. The van der Waals surface area contributed by atoms with Gasteiger partial charge in [-0.3, -0.25) is 0 Å². The first-order chi connectivity index (χ1) is 10.9. The average molecular weight is 328 g/mol. The Hall–Kier alpha value is -2.32. The molecule has 2 aromatic rings. The van der Waals surface area contributed by atoms with E-state index in [-0.39, 0.29) is 6.04 Å². The third kappa shape index (κ3) is 5.42. The first-order valence-electron chi connectivity index (χ1n) is 7.39. The van der Waals surface area contributed by atoms with E-state index in [0.29, 0.717) is 12.0 Å². The number of hydrogen-bond acceptors (Lipinski definition) is 4. The summed E-state index contributed by atoms with van der Waals surface area (Å²) >= 11 is 1.65. The van der Waals surface area contributed by atoms with Gasteiger partial charge >= 0.3 is 6.09 Å². The SMILES string of the molecule is CC(C)(C)OC(=O)NC(Cc1cccs1)c1ccc(C#N)cc1. The zero-order chi connectivity index (χ0) is 16.9. The molecule has 1 aromatic heterocycles. The number of thiophene rings is 1. The summed E-state index contributed by atoms with van der Waals surface area (Å²) in [5, 5.41) is 13.9. The summed E-state index contributed by atoms with van der Waals surface area (Å²) in [4.78, 5) is 13.3. The van der Waals surface area contributed by atoms with Gasteiger partial charge in [-0.2, -0.15) is 5.26 Å². The van der Waals surface area contributed by atoms with Crippen molar-refractivity contribution in [3.8, 4) is 6.07 Å². The van der Waals surface area contributed by atoms with Crippen molar-refractivity contribution >= 4 is 17.4 Å². The number of ether oxygens (including phenoxy) is 1. The lowest BCUT2D eigenvalue weighted by atomic mass is 10.0. The molecule has 0 bridgehead atoms. The van der Waals surface area contributed by atoms with E-state index in [0.717, 1.165) is 5.56 Å². The lowest BCUT2D eigenvalue weighted by molar-refractivity contribution is 0.0503. The molecular formula is C18H20N2O2S. The molecule has 5 heteroatoms. The van der Waals surface area contributed by atoms with Gasteiger partial charge in [-0.05, 0) is 49.9 Å². The smallest absolute Gasteiger partial charge is 0.408 e. The van der Waals surface area contributed by atoms with Crippen LogP contribution in [0, 0.1) is 11.3 Å². The zero-order valence-corrected chi connectivity index (χ0v) is 14.3. The molecular weight excluding hydrogens is 308 g/mol. The Bertz CT molecular complexity index is 679. The van der Waals surface area contributed by atoms with Crippen LogP contribution in [0.3, 0.4) is 0 Å². The summed E-state index contributed by atoms with van der Waals surface area (Å²) in [6.07, 6.45) is 0.242. The van der Waals surface area contributed by atoms with Crippen LogP contribution in [0.2, 0.25) is 0 Å². The molecule has 1 atom stereocenters. The van der Waals surface area contributed by atoms with E-state index in [1.54, 1.807) is 23.5 Å². The molecule has 1 aromatic carbocycles. The van der Waals surface area contributed by atoms with Gasteiger partial charge in [0, 0.05) is 11.3 Å². The molecule has 1 unspecified atom stereocenters. The van der Waals surface area contributed by atoms with Crippen molar-refractivity contribution in [1.82, 2.24) is 5.32 Å². The number of hydrogen-bond donors (Lipinski definition) is 1. The number of alkyl carbamates (subject to hydrolysis) is 1. The van der Waals surface area contributed by atoms with E-state index in [2.05, 4.69) is 11.4 Å². The highest BCUT2D eigenvalue weighted by Gasteiger charge is 2.21. The first-order valence-corrected chi connectivity index (χ1v) is 8.27. The topological polar surface area (TPSA) is 62.1 Å². The summed E-state index contributed by atoms with van der Waals surface area (Å²) in [5.41, 5.74) is 1.01. The highest BCUT2D eigenvalue weighted by Crippen LogP contribution is 2.22. The predicted octanol–water partition coefficient (Wildman–Crippen LogP) is 4.43. The fraction of sp³-hybridized carbons (Fsp3) is 0.333. The second-order valence-electron chi connectivity index (χ2n) is 6.22. The van der Waals surface area contributed by atoms with E-state index in [4.69, 9.17) is 10.00 Å². The molecule has 0 aliphatic rings. The molecule has 0 aliphatic carbocycles. The van der Waals surface area contributed by atoms with Gasteiger partial charge in [-0.1, -0.05) is 18.2 Å². The van der Waals surface area contributed by atoms with Crippen molar-refractivity contribution in [2.24, 2.45) is 0 Å². The number of benzene rings is 1. The molecule has 0 spiro atoms. The molecule has 1 amide bonds. The molecule has 0 fully saturated rings. The quantitative estimate of drug-likeness (QED) is 0.903. The number of carbonyl (C=O) groups excluding carboxylic acids is 1. The normalized spacial score (nSPS) is 12.3. The largest absolute Gasteiger partial charge is 0.444 e. The molecule has 1 N–H and O–H groups in total. The molecule has 4 nitrogen and oxygen atoms in total. The average Bonchev–Trinajstić information content (AvgIpc) is 2.98. The fourth-order valence-electron chi connectivity index (χ4n) is 2.12. The van der Waals surface area contributed by atoms with Crippen molar-refractivity contribution in [2.45, 2.75) is 38.8 Å². The van der Waals surface area contributed by atoms with Crippen LogP contribution in [0.1, 0.15) is 42.8 Å². The monoisotopic (exact) mass is 328 g/mol. The van der Waals surface area contributed by atoms with Crippen LogP contribution >= 0.6 is 11.3 Å². The van der Waals surface area contributed by atoms with Gasteiger partial charge < -0.3 is 10.1 Å². The summed E-state index contributed by atoms with van der Waals surface area (Å²) in [5.74, 6) is 0. The Morgan fingerprint density at radius 2 is 2.00 bits per heavy atom. The third-order valence-corrected chi connectivity index (χ3v) is 4.02. The van der Waals surface area contributed by atoms with Crippen LogP contribution in [0.5, 0.6) is 0 Å². The summed E-state index contributed by atoms with van der Waals surface area (Å²) < 4.78 is 5.35. The minimum atomic E-state index is -0.539. The fourth-order valence-corrected chi connectivity index (χ4v) is 2.87. The number of rotatable bonds is 4. The van der Waals surface area contributed by atoms with Crippen molar-refractivity contribution in [1.29, 1.82) is 5.26 Å². The van der Waals surface area contributed by atoms with Crippen LogP contribution in [0.25, 0.3) is 0 Å². The van der Waals surface area contributed by atoms with Gasteiger partial charge in [0.1, 0.15) is 5.60 Å². The van der Waals surface area contributed by atoms with Gasteiger partial charge in [-0.25, -0.2) is 4.79 Å². The standard InChI is InChI=1S/C18H20N2O2S/c1-18(2,3)22-17(21)20-16(11-15-5-4-10-23-15)14-8-6-13(12-19)7-9-14/h4-10,16H,11H2,1-3H3,(H,20,21). The van der Waals surface area contributed by atoms with Crippen LogP contribution in [-0.2, 0) is 11.2 Å². The van der Waals surface area contributed by atoms with Crippen molar-refractivity contribution < 1.29 is 9.53 Å². The Morgan fingerprint density at radius 1 is 1.30 bits per heavy atom. The van der Waals surface area contributed by atoms with Gasteiger partial charge in [0.25, 0.3) is 0 Å². The van der Waals surface area contributed by atoms with E-state index in [1.807, 2.05) is 50.4 Å². The molecule has 0 saturated carbocycles. The molecule has 0 radical (unpaired) electrons. The molecule has 23 heavy (non-hydrogen) atoms. The molecule has 2 rings (SSSR count). The molecule has 0 saturated heterocycles. The lowest BCUT2D eigenvalue weighted by Crippen LogP contribution is -2.35. The van der Waals surface area contributed by atoms with E-state index < -0.39 is 11.7 Å². The van der Waals surface area contributed by atoms with Gasteiger partial charge in [0.15, 0.2) is 0 Å². The highest BCUT2D eigenvalue weighted by atomic mass is 32.1. The molecule has 0 aliphatic heterocycles. The van der Waals surface area contributed by atoms with E-state index in [1.165, 1.54) is 4.88 Å². The second-order valence-corrected chi connectivity index (χ2v) is 7.25. The van der Waals surface area contributed by atoms with Crippen LogP contribution in [-0.4, -0.2) is 11.7 Å². The van der Waals surface area contributed by atoms with Gasteiger partial charge in [0.2, 0.25) is 0 Å². The number of nitrogens with one attached hydrogen (secondary N) is 1. The van der Waals surface area contributed by atoms with Crippen LogP contribution < -0.4 is 5.32 Å². The Balaban J connectivity index is 2.17. The van der Waals surface area contributed by atoms with E-state index in [9.17, 15) is 4.79 Å². The number of carbonyl (C=O) groups is 1. The first kappa shape index (κ1) is 17.0. The molecule has 1 heterocycles. The second kappa shape index (κ2) is 7.30. The number of amides is 1. The minimum absolute atomic E-state index is 0.198. The van der Waals surface area contributed by atoms with Crippen molar-refractivity contribution in [3.63, 3.8) is 0 Å². The lowest BCUT2D eigenvalue weighted by Gasteiger charge is -2.24. The Morgan fingerprint density at radius 3 is 2.52 bits per heavy atom. The summed E-state index contributed by atoms with van der Waals surface area (Å²) in [6.45, 7) is 5.51. The zero-order valence-electron chi connectivity index (χ0n) is 13.5. The van der Waals surface area contributed by atoms with Crippen LogP contribution in [0.15, 0.2) is 41.8 Å². The van der Waals surface area contributed by atoms with Crippen molar-refractivity contribution in [2.75, 3.05) is 0 Å². The Labute approximate surface area is 140 Å². The van der Waals surface area contributed by atoms with Crippen LogP contribution in [0.4, 0.5) is 4.79 Å². The third-order valence-electron chi connectivity index (χ3n) is 3.12. The Kier molecular flexibility index (Phi) is 5.41. The predicted molar refractivity (Wildman–Crippen MR) is 91.3 cm³/mol. The maximum atomic E-state index is 12.1.